The topological polar surface area (TPSA) is 72.5 Å². The number of hydrogen-bond acceptors (Lipinski definition) is 4. The molecule has 2 aromatic rings. The summed E-state index contributed by atoms with van der Waals surface area (Å²) in [4.78, 5) is 11.5. The highest BCUT2D eigenvalue weighted by Crippen LogP contribution is 2.28. The van der Waals surface area contributed by atoms with Crippen molar-refractivity contribution in [2.24, 2.45) is 0 Å². The van der Waals surface area contributed by atoms with Crippen molar-refractivity contribution in [3.05, 3.63) is 54.1 Å². The number of carbonyl (C=O) groups is 1. The van der Waals surface area contributed by atoms with Crippen molar-refractivity contribution < 1.29 is 31.1 Å². The summed E-state index contributed by atoms with van der Waals surface area (Å²) in [6, 6.07) is 11.6. The van der Waals surface area contributed by atoms with Crippen LogP contribution in [0.25, 0.3) is 11.1 Å². The van der Waals surface area contributed by atoms with Crippen molar-refractivity contribution in [3.63, 3.8) is 0 Å². The summed E-state index contributed by atoms with van der Waals surface area (Å²) < 4.78 is 65.6. The second-order valence-corrected chi connectivity index (χ2v) is 6.38. The van der Waals surface area contributed by atoms with Gasteiger partial charge < -0.3 is 4.74 Å². The molecule has 1 N–H and O–H groups in total. The van der Waals surface area contributed by atoms with Crippen molar-refractivity contribution in [2.75, 3.05) is 11.8 Å². The summed E-state index contributed by atoms with van der Waals surface area (Å²) in [5, 5.41) is 0. The lowest BCUT2D eigenvalue weighted by Gasteiger charge is -2.12. The first-order valence-electron chi connectivity index (χ1n) is 6.52. The smallest absolute Gasteiger partial charge is 0.465 e. The maximum Gasteiger partial charge on any atom is 0.516 e. The van der Waals surface area contributed by atoms with Gasteiger partial charge in [0.1, 0.15) is 0 Å². The van der Waals surface area contributed by atoms with Crippen molar-refractivity contribution in [2.45, 2.75) is 5.51 Å². The molecule has 2 aromatic carbocycles. The molecular formula is C15H12F3NO4S. The highest BCUT2D eigenvalue weighted by molar-refractivity contribution is 7.93. The number of nitrogens with one attached hydrogen (secondary N) is 1. The predicted octanol–water partition coefficient (Wildman–Crippen LogP) is 3.40. The van der Waals surface area contributed by atoms with Crippen LogP contribution in [0, 0.1) is 0 Å². The fourth-order valence-electron chi connectivity index (χ4n) is 1.92. The van der Waals surface area contributed by atoms with Gasteiger partial charge in [0.15, 0.2) is 0 Å². The Morgan fingerprint density at radius 3 is 2.21 bits per heavy atom. The lowest BCUT2D eigenvalue weighted by atomic mass is 10.0. The number of methoxy groups -OCH3 is 1. The van der Waals surface area contributed by atoms with Gasteiger partial charge in [-0.15, -0.1) is 0 Å². The monoisotopic (exact) mass is 359 g/mol. The van der Waals surface area contributed by atoms with Crippen LogP contribution in [0.15, 0.2) is 48.5 Å². The molecule has 0 aliphatic rings. The van der Waals surface area contributed by atoms with Gasteiger partial charge in [0.05, 0.1) is 12.7 Å². The molecule has 24 heavy (non-hydrogen) atoms. The van der Waals surface area contributed by atoms with Crippen LogP contribution in [0.1, 0.15) is 10.4 Å². The van der Waals surface area contributed by atoms with Crippen molar-refractivity contribution in [1.29, 1.82) is 0 Å². The van der Waals surface area contributed by atoms with E-state index in [1.807, 2.05) is 0 Å². The second-order valence-electron chi connectivity index (χ2n) is 4.70. The molecule has 0 saturated carbocycles. The zero-order valence-electron chi connectivity index (χ0n) is 12.3. The molecule has 0 aliphatic heterocycles. The first-order chi connectivity index (χ1) is 11.1. The number of carbonyl (C=O) groups excluding carboxylic acids is 1. The number of sulfonamides is 1. The van der Waals surface area contributed by atoms with Crippen molar-refractivity contribution >= 4 is 21.7 Å². The first kappa shape index (κ1) is 17.8. The summed E-state index contributed by atoms with van der Waals surface area (Å²) in [5.41, 5.74) is -4.44. The minimum absolute atomic E-state index is 0.242. The van der Waals surface area contributed by atoms with Gasteiger partial charge in [0.25, 0.3) is 0 Å². The largest absolute Gasteiger partial charge is 0.516 e. The Hall–Kier alpha value is -2.55. The Morgan fingerprint density at radius 1 is 1.04 bits per heavy atom. The molecule has 0 heterocycles. The van der Waals surface area contributed by atoms with Gasteiger partial charge in [-0.2, -0.15) is 21.6 Å². The van der Waals surface area contributed by atoms with Crippen LogP contribution in [0.4, 0.5) is 18.9 Å². The normalized spacial score (nSPS) is 11.8. The molecule has 0 fully saturated rings. The SMILES string of the molecule is COC(=O)c1cccc(-c2cccc(NS(=O)(=O)C(F)(F)F)c2)c1. The second kappa shape index (κ2) is 6.52. The van der Waals surface area contributed by atoms with E-state index in [4.69, 9.17) is 0 Å². The summed E-state index contributed by atoms with van der Waals surface area (Å²) in [6.45, 7) is 0. The molecule has 0 aliphatic carbocycles. The average molecular weight is 359 g/mol. The van der Waals surface area contributed by atoms with E-state index in [0.717, 1.165) is 0 Å². The molecule has 2 rings (SSSR count). The molecule has 9 heteroatoms. The van der Waals surface area contributed by atoms with Crippen LogP contribution in [0.3, 0.4) is 0 Å². The molecule has 0 unspecified atom stereocenters. The molecule has 128 valence electrons. The summed E-state index contributed by atoms with van der Waals surface area (Å²) in [5.74, 6) is -0.564. The lowest BCUT2D eigenvalue weighted by Crippen LogP contribution is -2.29. The van der Waals surface area contributed by atoms with Crippen molar-refractivity contribution in [1.82, 2.24) is 0 Å². The highest BCUT2D eigenvalue weighted by atomic mass is 32.2. The van der Waals surface area contributed by atoms with Crippen LogP contribution < -0.4 is 4.72 Å². The van der Waals surface area contributed by atoms with E-state index < -0.39 is 21.5 Å². The van der Waals surface area contributed by atoms with E-state index in [0.29, 0.717) is 11.1 Å². The van der Waals surface area contributed by atoms with Gasteiger partial charge in [-0.3, -0.25) is 4.72 Å². The van der Waals surface area contributed by atoms with Gasteiger partial charge in [0.2, 0.25) is 0 Å². The van der Waals surface area contributed by atoms with Gasteiger partial charge in [0, 0.05) is 5.69 Å². The Kier molecular flexibility index (Phi) is 4.83. The van der Waals surface area contributed by atoms with Gasteiger partial charge in [-0.25, -0.2) is 4.79 Å². The minimum Gasteiger partial charge on any atom is -0.465 e. The number of anilines is 1. The summed E-state index contributed by atoms with van der Waals surface area (Å²) in [6.07, 6.45) is 0. The van der Waals surface area contributed by atoms with E-state index in [2.05, 4.69) is 4.74 Å². The van der Waals surface area contributed by atoms with Crippen LogP contribution in [-0.2, 0) is 14.8 Å². The van der Waals surface area contributed by atoms with E-state index in [1.54, 1.807) is 18.2 Å². The molecule has 0 saturated heterocycles. The predicted molar refractivity (Wildman–Crippen MR) is 81.8 cm³/mol. The molecule has 0 spiro atoms. The van der Waals surface area contributed by atoms with Crippen LogP contribution in [0.2, 0.25) is 0 Å². The third-order valence-corrected chi connectivity index (χ3v) is 4.15. The number of halogens is 3. The summed E-state index contributed by atoms with van der Waals surface area (Å²) >= 11 is 0. The number of rotatable bonds is 4. The fraction of sp³-hybridized carbons (Fsp3) is 0.133. The molecule has 0 atom stereocenters. The summed E-state index contributed by atoms with van der Waals surface area (Å²) in [7, 11) is -4.28. The Labute approximate surface area is 136 Å². The van der Waals surface area contributed by atoms with Crippen LogP contribution in [0.5, 0.6) is 0 Å². The molecule has 0 amide bonds. The Balaban J connectivity index is 2.37. The van der Waals surface area contributed by atoms with Gasteiger partial charge >= 0.3 is 21.5 Å². The van der Waals surface area contributed by atoms with E-state index in [-0.39, 0.29) is 11.3 Å². The van der Waals surface area contributed by atoms with Crippen LogP contribution >= 0.6 is 0 Å². The minimum atomic E-state index is -5.50. The van der Waals surface area contributed by atoms with E-state index in [1.165, 1.54) is 42.2 Å². The number of esters is 1. The molecular weight excluding hydrogens is 347 g/mol. The quantitative estimate of drug-likeness (QED) is 0.850. The Bertz CT molecular complexity index is 863. The standard InChI is InChI=1S/C15H12F3NO4S/c1-23-14(20)12-6-2-4-10(8-12)11-5-3-7-13(9-11)19-24(21,22)15(16,17)18/h2-9,19H,1H3. The van der Waals surface area contributed by atoms with Gasteiger partial charge in [-0.1, -0.05) is 24.3 Å². The number of alkyl halides is 3. The molecule has 0 aromatic heterocycles. The van der Waals surface area contributed by atoms with Gasteiger partial charge in [-0.05, 0) is 35.4 Å². The number of ether oxygens (including phenoxy) is 1. The Morgan fingerprint density at radius 2 is 1.62 bits per heavy atom. The van der Waals surface area contributed by atoms with E-state index >= 15 is 0 Å². The maximum atomic E-state index is 12.4. The molecule has 0 bridgehead atoms. The van der Waals surface area contributed by atoms with Crippen LogP contribution in [-0.4, -0.2) is 27.0 Å². The highest BCUT2D eigenvalue weighted by Gasteiger charge is 2.46. The zero-order chi connectivity index (χ0) is 18.0. The average Bonchev–Trinajstić information content (AvgIpc) is 2.53. The lowest BCUT2D eigenvalue weighted by molar-refractivity contribution is -0.0429. The maximum absolute atomic E-state index is 12.4. The third-order valence-electron chi connectivity index (χ3n) is 3.04. The zero-order valence-corrected chi connectivity index (χ0v) is 13.1. The third kappa shape index (κ3) is 3.85. The first-order valence-corrected chi connectivity index (χ1v) is 8.00. The fourth-order valence-corrected chi connectivity index (χ4v) is 2.47. The van der Waals surface area contributed by atoms with Crippen molar-refractivity contribution in [3.8, 4) is 11.1 Å². The van der Waals surface area contributed by atoms with E-state index in [9.17, 15) is 26.4 Å². The number of hydrogen-bond donors (Lipinski definition) is 1. The number of benzene rings is 2. The molecule has 5 nitrogen and oxygen atoms in total. The molecule has 0 radical (unpaired) electrons.